The van der Waals surface area contributed by atoms with Crippen molar-refractivity contribution >= 4 is 33.8 Å². The lowest BCUT2D eigenvalue weighted by Crippen LogP contribution is -2.05. The third kappa shape index (κ3) is 2.68. The van der Waals surface area contributed by atoms with E-state index in [4.69, 9.17) is 10.8 Å². The summed E-state index contributed by atoms with van der Waals surface area (Å²) in [5.41, 5.74) is 7.77. The van der Waals surface area contributed by atoms with Crippen LogP contribution in [0.2, 0.25) is 0 Å². The van der Waals surface area contributed by atoms with Gasteiger partial charge in [-0.15, -0.1) is 11.3 Å². The normalized spacial score (nSPS) is 10.4. The molecule has 2 aromatic rings. The van der Waals surface area contributed by atoms with E-state index in [9.17, 15) is 4.79 Å². The van der Waals surface area contributed by atoms with Crippen molar-refractivity contribution < 1.29 is 9.90 Å². The van der Waals surface area contributed by atoms with Gasteiger partial charge in [-0.1, -0.05) is 13.0 Å². The number of nitrogen functional groups attached to an aromatic ring is 1. The highest BCUT2D eigenvalue weighted by molar-refractivity contribution is 7.15. The minimum atomic E-state index is -1.04. The summed E-state index contributed by atoms with van der Waals surface area (Å²) in [5, 5.41) is 12.8. The van der Waals surface area contributed by atoms with Gasteiger partial charge in [-0.05, 0) is 25.5 Å². The summed E-state index contributed by atoms with van der Waals surface area (Å²) in [5.74, 6) is -1.04. The fourth-order valence-corrected chi connectivity index (χ4v) is 2.70. The number of nitrogens with one attached hydrogen (secondary N) is 1. The molecule has 1 aromatic carbocycles. The molecule has 100 valence electrons. The number of hydrogen-bond acceptors (Lipinski definition) is 5. The number of nitrogens with two attached hydrogens (primary N) is 1. The van der Waals surface area contributed by atoms with E-state index in [1.54, 1.807) is 12.1 Å². The highest BCUT2D eigenvalue weighted by Crippen LogP contribution is 2.30. The van der Waals surface area contributed by atoms with Crippen LogP contribution in [0.3, 0.4) is 0 Å². The smallest absolute Gasteiger partial charge is 0.337 e. The highest BCUT2D eigenvalue weighted by Gasteiger charge is 2.12. The second kappa shape index (κ2) is 5.27. The van der Waals surface area contributed by atoms with Crippen LogP contribution in [0.15, 0.2) is 18.2 Å². The number of aromatic carboxylic acids is 1. The van der Waals surface area contributed by atoms with Crippen LogP contribution < -0.4 is 11.1 Å². The van der Waals surface area contributed by atoms with Gasteiger partial charge in [-0.25, -0.2) is 9.78 Å². The summed E-state index contributed by atoms with van der Waals surface area (Å²) >= 11 is 1.53. The molecule has 0 aliphatic carbocycles. The third-order valence-corrected chi connectivity index (χ3v) is 3.73. The van der Waals surface area contributed by atoms with E-state index in [0.717, 1.165) is 22.1 Å². The number of nitrogens with zero attached hydrogens (tertiary/aromatic N) is 1. The minimum Gasteiger partial charge on any atom is -0.478 e. The van der Waals surface area contributed by atoms with E-state index in [1.165, 1.54) is 17.4 Å². The maximum absolute atomic E-state index is 11.0. The van der Waals surface area contributed by atoms with Crippen LogP contribution in [-0.2, 0) is 6.42 Å². The van der Waals surface area contributed by atoms with Crippen molar-refractivity contribution in [2.24, 2.45) is 0 Å². The zero-order chi connectivity index (χ0) is 14.0. The van der Waals surface area contributed by atoms with Crippen LogP contribution in [0.4, 0.5) is 16.5 Å². The van der Waals surface area contributed by atoms with Gasteiger partial charge in [0.2, 0.25) is 0 Å². The molecule has 19 heavy (non-hydrogen) atoms. The Hall–Kier alpha value is -2.08. The molecular weight excluding hydrogens is 262 g/mol. The molecule has 5 nitrogen and oxygen atoms in total. The molecule has 0 aliphatic rings. The van der Waals surface area contributed by atoms with Gasteiger partial charge >= 0.3 is 5.97 Å². The number of aryl methyl sites for hydroxylation is 2. The quantitative estimate of drug-likeness (QED) is 0.747. The van der Waals surface area contributed by atoms with Gasteiger partial charge in [0, 0.05) is 4.88 Å². The third-order valence-electron chi connectivity index (χ3n) is 2.81. The lowest BCUT2D eigenvalue weighted by molar-refractivity contribution is 0.0698. The summed E-state index contributed by atoms with van der Waals surface area (Å²) in [6.07, 6.45) is 0.870. The molecule has 0 unspecified atom stereocenters. The molecular formula is C13H15N3O2S. The van der Waals surface area contributed by atoms with Gasteiger partial charge in [0.15, 0.2) is 5.13 Å². The molecule has 1 aromatic heterocycles. The zero-order valence-electron chi connectivity index (χ0n) is 10.7. The second-order valence-corrected chi connectivity index (χ2v) is 5.28. The Bertz CT molecular complexity index is 622. The van der Waals surface area contributed by atoms with Crippen LogP contribution in [0, 0.1) is 6.92 Å². The van der Waals surface area contributed by atoms with Gasteiger partial charge in [-0.3, -0.25) is 0 Å². The molecule has 0 fully saturated rings. The van der Waals surface area contributed by atoms with Crippen LogP contribution >= 0.6 is 11.3 Å². The Morgan fingerprint density at radius 2 is 2.26 bits per heavy atom. The number of thiazole rings is 1. The Balaban J connectivity index is 2.33. The topological polar surface area (TPSA) is 88.2 Å². The molecule has 0 saturated heterocycles. The van der Waals surface area contributed by atoms with E-state index in [2.05, 4.69) is 10.3 Å². The minimum absolute atomic E-state index is 0.0917. The SMILES string of the molecule is CCc1nc(Nc2cccc(C(=O)O)c2N)sc1C. The maximum atomic E-state index is 11.0. The number of rotatable bonds is 4. The molecule has 2 rings (SSSR count). The number of anilines is 3. The highest BCUT2D eigenvalue weighted by atomic mass is 32.1. The van der Waals surface area contributed by atoms with E-state index < -0.39 is 5.97 Å². The number of carbonyl (C=O) groups is 1. The monoisotopic (exact) mass is 277 g/mol. The average molecular weight is 277 g/mol. The molecule has 4 N–H and O–H groups in total. The first-order chi connectivity index (χ1) is 9.02. The molecule has 6 heteroatoms. The fraction of sp³-hybridized carbons (Fsp3) is 0.231. The summed E-state index contributed by atoms with van der Waals surface area (Å²) in [4.78, 5) is 16.6. The summed E-state index contributed by atoms with van der Waals surface area (Å²) in [7, 11) is 0. The van der Waals surface area contributed by atoms with Crippen LogP contribution in [0.5, 0.6) is 0 Å². The van der Waals surface area contributed by atoms with Crippen molar-refractivity contribution in [3.8, 4) is 0 Å². The van der Waals surface area contributed by atoms with Crippen LogP contribution in [-0.4, -0.2) is 16.1 Å². The first kappa shape index (κ1) is 13.4. The molecule has 0 radical (unpaired) electrons. The Labute approximate surface area is 115 Å². The number of benzene rings is 1. The van der Waals surface area contributed by atoms with Gasteiger partial charge < -0.3 is 16.2 Å². The number of hydrogen-bond donors (Lipinski definition) is 3. The predicted molar refractivity (Wildman–Crippen MR) is 77.3 cm³/mol. The average Bonchev–Trinajstić information content (AvgIpc) is 2.71. The zero-order valence-corrected chi connectivity index (χ0v) is 11.5. The number of para-hydroxylation sites is 1. The van der Waals surface area contributed by atoms with Crippen molar-refractivity contribution in [2.75, 3.05) is 11.1 Å². The van der Waals surface area contributed by atoms with Gasteiger partial charge in [0.05, 0.1) is 22.6 Å². The Morgan fingerprint density at radius 3 is 2.84 bits per heavy atom. The summed E-state index contributed by atoms with van der Waals surface area (Å²) in [6.45, 7) is 4.06. The molecule has 0 saturated carbocycles. The molecule has 0 atom stereocenters. The predicted octanol–water partition coefficient (Wildman–Crippen LogP) is 3.04. The van der Waals surface area contributed by atoms with Crippen molar-refractivity contribution in [3.63, 3.8) is 0 Å². The largest absolute Gasteiger partial charge is 0.478 e. The number of carboxylic acids is 1. The van der Waals surface area contributed by atoms with E-state index >= 15 is 0 Å². The van der Waals surface area contributed by atoms with Crippen molar-refractivity contribution in [3.05, 3.63) is 34.3 Å². The first-order valence-electron chi connectivity index (χ1n) is 5.88. The van der Waals surface area contributed by atoms with Gasteiger partial charge in [-0.2, -0.15) is 0 Å². The second-order valence-electron chi connectivity index (χ2n) is 4.07. The van der Waals surface area contributed by atoms with Gasteiger partial charge in [0.1, 0.15) is 0 Å². The molecule has 1 heterocycles. The lowest BCUT2D eigenvalue weighted by Gasteiger charge is -2.08. The lowest BCUT2D eigenvalue weighted by atomic mass is 10.1. The molecule has 0 spiro atoms. The first-order valence-corrected chi connectivity index (χ1v) is 6.69. The van der Waals surface area contributed by atoms with Crippen molar-refractivity contribution in [2.45, 2.75) is 20.3 Å². The van der Waals surface area contributed by atoms with Crippen LogP contribution in [0.1, 0.15) is 27.9 Å². The van der Waals surface area contributed by atoms with E-state index in [1.807, 2.05) is 13.8 Å². The van der Waals surface area contributed by atoms with E-state index in [0.29, 0.717) is 5.69 Å². The summed E-state index contributed by atoms with van der Waals surface area (Å²) in [6, 6.07) is 4.88. The standard InChI is InChI=1S/C13H15N3O2S/c1-3-9-7(2)19-13(15-9)16-10-6-4-5-8(11(10)14)12(17)18/h4-6H,3,14H2,1-2H3,(H,15,16)(H,17,18). The number of carboxylic acid groups (broad SMARTS) is 1. The summed E-state index contributed by atoms with van der Waals surface area (Å²) < 4.78 is 0. The molecule has 0 bridgehead atoms. The Morgan fingerprint density at radius 1 is 1.53 bits per heavy atom. The number of aromatic nitrogens is 1. The molecule has 0 aliphatic heterocycles. The Kier molecular flexibility index (Phi) is 3.71. The maximum Gasteiger partial charge on any atom is 0.337 e. The van der Waals surface area contributed by atoms with Crippen LogP contribution in [0.25, 0.3) is 0 Å². The van der Waals surface area contributed by atoms with Crippen molar-refractivity contribution in [1.29, 1.82) is 0 Å². The van der Waals surface area contributed by atoms with Gasteiger partial charge in [0.25, 0.3) is 0 Å². The fourth-order valence-electron chi connectivity index (χ4n) is 1.79. The van der Waals surface area contributed by atoms with Crippen molar-refractivity contribution in [1.82, 2.24) is 4.98 Å². The van der Waals surface area contributed by atoms with E-state index in [-0.39, 0.29) is 11.3 Å². The molecule has 0 amide bonds.